The lowest BCUT2D eigenvalue weighted by atomic mass is 10.1. The molecule has 1 aromatic rings. The molecule has 0 unspecified atom stereocenters. The molecule has 1 heterocycles. The molecule has 1 aliphatic heterocycles. The number of rotatable bonds is 4. The lowest BCUT2D eigenvalue weighted by molar-refractivity contribution is -0.137. The first kappa shape index (κ1) is 13.2. The molecule has 18 heavy (non-hydrogen) atoms. The van der Waals surface area contributed by atoms with Crippen LogP contribution in [0.2, 0.25) is 0 Å². The van der Waals surface area contributed by atoms with E-state index in [4.69, 9.17) is 0 Å². The maximum atomic E-state index is 12.3. The minimum Gasteiger partial charge on any atom is -0.385 e. The Labute approximate surface area is 105 Å². The first-order valence-corrected chi connectivity index (χ1v) is 6.20. The lowest BCUT2D eigenvalue weighted by Gasteiger charge is -2.12. The van der Waals surface area contributed by atoms with Gasteiger partial charge in [-0.25, -0.2) is 0 Å². The molecule has 0 aromatic heterocycles. The summed E-state index contributed by atoms with van der Waals surface area (Å²) in [6.45, 7) is 1.86. The molecule has 100 valence electrons. The molecular weight excluding hydrogens is 241 g/mol. The highest BCUT2D eigenvalue weighted by Gasteiger charge is 2.29. The molecule has 1 fully saturated rings. The predicted molar refractivity (Wildman–Crippen MR) is 65.6 cm³/mol. The molecule has 1 atom stereocenters. The van der Waals surface area contributed by atoms with Crippen molar-refractivity contribution >= 4 is 5.69 Å². The fourth-order valence-corrected chi connectivity index (χ4v) is 2.17. The minimum absolute atomic E-state index is 0.548. The number of halogens is 3. The Hall–Kier alpha value is -1.23. The fourth-order valence-electron chi connectivity index (χ4n) is 2.17. The van der Waals surface area contributed by atoms with Crippen molar-refractivity contribution < 1.29 is 13.2 Å². The molecule has 0 saturated carbocycles. The van der Waals surface area contributed by atoms with Crippen molar-refractivity contribution in [2.24, 2.45) is 0 Å². The first-order valence-electron chi connectivity index (χ1n) is 6.20. The summed E-state index contributed by atoms with van der Waals surface area (Å²) in [5.41, 5.74) is 0.131. The number of benzene rings is 1. The molecule has 0 radical (unpaired) electrons. The maximum absolute atomic E-state index is 12.3. The van der Waals surface area contributed by atoms with Crippen LogP contribution >= 0.6 is 0 Å². The van der Waals surface area contributed by atoms with Crippen LogP contribution in [0, 0.1) is 0 Å². The summed E-state index contributed by atoms with van der Waals surface area (Å²) in [4.78, 5) is 0. The fraction of sp³-hybridized carbons (Fsp3) is 0.538. The van der Waals surface area contributed by atoms with Gasteiger partial charge in [0.2, 0.25) is 0 Å². The second-order valence-corrected chi connectivity index (χ2v) is 4.58. The van der Waals surface area contributed by atoms with Crippen LogP contribution in [-0.2, 0) is 6.18 Å². The summed E-state index contributed by atoms with van der Waals surface area (Å²) < 4.78 is 37.0. The van der Waals surface area contributed by atoms with E-state index in [1.165, 1.54) is 25.0 Å². The van der Waals surface area contributed by atoms with Gasteiger partial charge in [0, 0.05) is 18.3 Å². The van der Waals surface area contributed by atoms with Crippen LogP contribution in [0.3, 0.4) is 0 Å². The molecule has 0 aliphatic carbocycles. The van der Waals surface area contributed by atoms with Crippen molar-refractivity contribution in [3.63, 3.8) is 0 Å². The molecule has 0 spiro atoms. The molecule has 1 saturated heterocycles. The Morgan fingerprint density at radius 2 is 1.94 bits per heavy atom. The van der Waals surface area contributed by atoms with E-state index < -0.39 is 11.7 Å². The van der Waals surface area contributed by atoms with Gasteiger partial charge in [-0.2, -0.15) is 13.2 Å². The lowest BCUT2D eigenvalue weighted by Crippen LogP contribution is -2.24. The van der Waals surface area contributed by atoms with Crippen LogP contribution in [0.1, 0.15) is 24.8 Å². The number of hydrogen-bond acceptors (Lipinski definition) is 2. The van der Waals surface area contributed by atoms with Gasteiger partial charge in [0.15, 0.2) is 0 Å². The second kappa shape index (κ2) is 5.61. The zero-order chi connectivity index (χ0) is 13.0. The molecule has 5 heteroatoms. The summed E-state index contributed by atoms with van der Waals surface area (Å²) in [7, 11) is 0. The van der Waals surface area contributed by atoms with Crippen LogP contribution in [0.15, 0.2) is 24.3 Å². The second-order valence-electron chi connectivity index (χ2n) is 4.58. The summed E-state index contributed by atoms with van der Waals surface area (Å²) in [5, 5.41) is 6.53. The third kappa shape index (κ3) is 3.63. The zero-order valence-corrected chi connectivity index (χ0v) is 10.1. The normalized spacial score (nSPS) is 20.1. The van der Waals surface area contributed by atoms with Crippen molar-refractivity contribution in [3.8, 4) is 0 Å². The Bertz CT molecular complexity index is 367. The van der Waals surface area contributed by atoms with Crippen LogP contribution in [0.4, 0.5) is 18.9 Å². The van der Waals surface area contributed by atoms with E-state index >= 15 is 0 Å². The SMILES string of the molecule is FC(F)(F)c1ccc(NCC[C@H]2CCCN2)cc1. The van der Waals surface area contributed by atoms with Gasteiger partial charge >= 0.3 is 6.18 Å². The average molecular weight is 258 g/mol. The molecule has 2 nitrogen and oxygen atoms in total. The zero-order valence-electron chi connectivity index (χ0n) is 10.1. The van der Waals surface area contributed by atoms with Gasteiger partial charge in [0.25, 0.3) is 0 Å². The maximum Gasteiger partial charge on any atom is 0.416 e. The summed E-state index contributed by atoms with van der Waals surface area (Å²) >= 11 is 0. The molecule has 0 amide bonds. The monoisotopic (exact) mass is 258 g/mol. The quantitative estimate of drug-likeness (QED) is 0.866. The Kier molecular flexibility index (Phi) is 4.11. The van der Waals surface area contributed by atoms with Crippen molar-refractivity contribution in [2.75, 3.05) is 18.4 Å². The third-order valence-corrected chi connectivity index (χ3v) is 3.20. The average Bonchev–Trinajstić information content (AvgIpc) is 2.82. The van der Waals surface area contributed by atoms with E-state index in [9.17, 15) is 13.2 Å². The van der Waals surface area contributed by atoms with Crippen LogP contribution in [-0.4, -0.2) is 19.1 Å². The standard InChI is InChI=1S/C13H17F3N2/c14-13(15,16)10-3-5-12(6-4-10)18-9-7-11-2-1-8-17-11/h3-6,11,17-18H,1-2,7-9H2/t11-/m1/s1. The third-order valence-electron chi connectivity index (χ3n) is 3.20. The molecular formula is C13H17F3N2. The van der Waals surface area contributed by atoms with E-state index in [1.54, 1.807) is 0 Å². The Balaban J connectivity index is 1.79. The number of anilines is 1. The van der Waals surface area contributed by atoms with Crippen molar-refractivity contribution in [3.05, 3.63) is 29.8 Å². The highest BCUT2D eigenvalue weighted by atomic mass is 19.4. The first-order chi connectivity index (χ1) is 8.55. The van der Waals surface area contributed by atoms with Crippen LogP contribution < -0.4 is 10.6 Å². The van der Waals surface area contributed by atoms with E-state index in [2.05, 4.69) is 10.6 Å². The van der Waals surface area contributed by atoms with Gasteiger partial charge < -0.3 is 10.6 Å². The van der Waals surface area contributed by atoms with Crippen molar-refractivity contribution in [1.29, 1.82) is 0 Å². The summed E-state index contributed by atoms with van der Waals surface area (Å²) in [6.07, 6.45) is -0.854. The van der Waals surface area contributed by atoms with Crippen LogP contribution in [0.25, 0.3) is 0 Å². The smallest absolute Gasteiger partial charge is 0.385 e. The Morgan fingerprint density at radius 3 is 2.50 bits per heavy atom. The molecule has 0 bridgehead atoms. The summed E-state index contributed by atoms with van der Waals surface area (Å²) in [5.74, 6) is 0. The molecule has 1 aromatic carbocycles. The van der Waals surface area contributed by atoms with Gasteiger partial charge in [0.1, 0.15) is 0 Å². The highest BCUT2D eigenvalue weighted by molar-refractivity contribution is 5.45. The van der Waals surface area contributed by atoms with Gasteiger partial charge in [-0.1, -0.05) is 0 Å². The summed E-state index contributed by atoms with van der Waals surface area (Å²) in [6, 6.07) is 5.72. The van der Waals surface area contributed by atoms with Gasteiger partial charge in [-0.05, 0) is 50.1 Å². The van der Waals surface area contributed by atoms with Crippen molar-refractivity contribution in [2.45, 2.75) is 31.5 Å². The van der Waals surface area contributed by atoms with Crippen molar-refractivity contribution in [1.82, 2.24) is 5.32 Å². The molecule has 2 rings (SSSR count). The van der Waals surface area contributed by atoms with Gasteiger partial charge in [-0.3, -0.25) is 0 Å². The van der Waals surface area contributed by atoms with E-state index in [-0.39, 0.29) is 0 Å². The van der Waals surface area contributed by atoms with E-state index in [0.717, 1.165) is 37.3 Å². The minimum atomic E-state index is -4.26. The van der Waals surface area contributed by atoms with Crippen LogP contribution in [0.5, 0.6) is 0 Å². The Morgan fingerprint density at radius 1 is 1.22 bits per heavy atom. The topological polar surface area (TPSA) is 24.1 Å². The predicted octanol–water partition coefficient (Wildman–Crippen LogP) is 3.26. The number of alkyl halides is 3. The molecule has 1 aliphatic rings. The highest BCUT2D eigenvalue weighted by Crippen LogP contribution is 2.29. The van der Waals surface area contributed by atoms with E-state index in [1.807, 2.05) is 0 Å². The number of hydrogen-bond donors (Lipinski definition) is 2. The van der Waals surface area contributed by atoms with E-state index in [0.29, 0.717) is 6.04 Å². The number of nitrogens with one attached hydrogen (secondary N) is 2. The van der Waals surface area contributed by atoms with Gasteiger partial charge in [-0.15, -0.1) is 0 Å². The molecule has 2 N–H and O–H groups in total. The van der Waals surface area contributed by atoms with Gasteiger partial charge in [0.05, 0.1) is 5.56 Å². The largest absolute Gasteiger partial charge is 0.416 e.